The topological polar surface area (TPSA) is 76.1 Å². The van der Waals surface area contributed by atoms with Crippen LogP contribution < -0.4 is 0 Å². The molecule has 10 heteroatoms. The van der Waals surface area contributed by atoms with E-state index in [2.05, 4.69) is 0 Å². The lowest BCUT2D eigenvalue weighted by molar-refractivity contribution is -0.149. The molecule has 1 aromatic carbocycles. The average molecular weight is 435 g/mol. The van der Waals surface area contributed by atoms with E-state index in [0.717, 1.165) is 0 Å². The van der Waals surface area contributed by atoms with E-state index < -0.39 is 33.1 Å². The van der Waals surface area contributed by atoms with Crippen molar-refractivity contribution in [3.63, 3.8) is 0 Å². The molecular weight excluding hydrogens is 411 g/mol. The number of esters is 1. The van der Waals surface area contributed by atoms with Crippen LogP contribution in [0.4, 0.5) is 4.39 Å². The minimum absolute atomic E-state index is 0.0287. The number of rotatable bonds is 5. The second-order valence-corrected chi connectivity index (χ2v) is 9.55. The van der Waals surface area contributed by atoms with Crippen LogP contribution in [-0.4, -0.2) is 62.4 Å². The summed E-state index contributed by atoms with van der Waals surface area (Å²) in [6.45, 7) is 2.39. The lowest BCUT2D eigenvalue weighted by Gasteiger charge is -2.34. The highest BCUT2D eigenvalue weighted by Crippen LogP contribution is 2.37. The number of carbonyl (C=O) groups is 1. The molecule has 3 rings (SSSR count). The first-order chi connectivity index (χ1) is 13.3. The zero-order chi connectivity index (χ0) is 20.5. The number of piperidine rings is 1. The summed E-state index contributed by atoms with van der Waals surface area (Å²) in [6, 6.07) is 3.51. The van der Waals surface area contributed by atoms with Gasteiger partial charge in [0.2, 0.25) is 10.0 Å². The molecule has 2 saturated heterocycles. The zero-order valence-corrected chi connectivity index (χ0v) is 17.4. The van der Waals surface area contributed by atoms with Crippen molar-refractivity contribution in [3.8, 4) is 0 Å². The molecule has 0 unspecified atom stereocenters. The van der Waals surface area contributed by atoms with Crippen molar-refractivity contribution in [2.24, 2.45) is 5.92 Å². The quantitative estimate of drug-likeness (QED) is 0.662. The largest absolute Gasteiger partial charge is 0.466 e. The van der Waals surface area contributed by atoms with Gasteiger partial charge in [0.1, 0.15) is 11.1 Å². The van der Waals surface area contributed by atoms with Crippen molar-refractivity contribution < 1.29 is 27.2 Å². The van der Waals surface area contributed by atoms with Gasteiger partial charge in [0, 0.05) is 20.1 Å². The molecule has 28 heavy (non-hydrogen) atoms. The first-order valence-electron chi connectivity index (χ1n) is 9.22. The Morgan fingerprint density at radius 2 is 2.18 bits per heavy atom. The predicted molar refractivity (Wildman–Crippen MR) is 102 cm³/mol. The number of sulfonamides is 1. The molecular formula is C18H24ClFN2O5S. The van der Waals surface area contributed by atoms with Gasteiger partial charge in [0.25, 0.3) is 0 Å². The van der Waals surface area contributed by atoms with Gasteiger partial charge in [-0.25, -0.2) is 17.1 Å². The molecule has 1 aromatic rings. The van der Waals surface area contributed by atoms with Crippen molar-refractivity contribution in [3.05, 3.63) is 34.6 Å². The van der Waals surface area contributed by atoms with Gasteiger partial charge in [0.15, 0.2) is 0 Å². The highest BCUT2D eigenvalue weighted by Gasteiger charge is 2.47. The predicted octanol–water partition coefficient (Wildman–Crippen LogP) is 2.37. The van der Waals surface area contributed by atoms with E-state index in [1.165, 1.54) is 27.6 Å². The van der Waals surface area contributed by atoms with Gasteiger partial charge in [-0.2, -0.15) is 5.06 Å². The second-order valence-electron chi connectivity index (χ2n) is 6.99. The van der Waals surface area contributed by atoms with Crippen LogP contribution in [0.5, 0.6) is 0 Å². The molecule has 0 spiro atoms. The Bertz CT molecular complexity index is 837. The number of halogens is 2. The monoisotopic (exact) mass is 434 g/mol. The lowest BCUT2D eigenvalue weighted by Crippen LogP contribution is -2.48. The Balaban J connectivity index is 1.85. The van der Waals surface area contributed by atoms with Crippen LogP contribution >= 0.6 is 11.6 Å². The van der Waals surface area contributed by atoms with Gasteiger partial charge in [-0.1, -0.05) is 17.7 Å². The molecule has 0 amide bonds. The highest BCUT2D eigenvalue weighted by atomic mass is 35.5. The van der Waals surface area contributed by atoms with Crippen molar-refractivity contribution in [2.75, 3.05) is 33.4 Å². The van der Waals surface area contributed by atoms with Gasteiger partial charge >= 0.3 is 5.97 Å². The van der Waals surface area contributed by atoms with Crippen molar-refractivity contribution >= 4 is 27.6 Å². The second kappa shape index (κ2) is 8.62. The Morgan fingerprint density at radius 1 is 1.43 bits per heavy atom. The van der Waals surface area contributed by atoms with E-state index in [1.54, 1.807) is 14.0 Å². The number of benzene rings is 1. The number of hydrogen-bond acceptors (Lipinski definition) is 6. The summed E-state index contributed by atoms with van der Waals surface area (Å²) in [7, 11) is -2.14. The Kier molecular flexibility index (Phi) is 6.61. The molecule has 2 fully saturated rings. The molecule has 0 radical (unpaired) electrons. The van der Waals surface area contributed by atoms with Crippen LogP contribution in [0.15, 0.2) is 18.2 Å². The Morgan fingerprint density at radius 3 is 2.86 bits per heavy atom. The van der Waals surface area contributed by atoms with Gasteiger partial charge in [-0.3, -0.25) is 9.63 Å². The Labute approximate surface area is 169 Å². The molecule has 0 aliphatic carbocycles. The molecule has 2 heterocycles. The standard InChI is InChI=1S/C18H24ClFN2O5S/c1-3-26-18(23)13-5-4-8-22(10-13)28(24,25)16-11-27-21(2)17(16)12-6-7-15(20)14(19)9-12/h6-7,9,13,16-17H,3-5,8,10-11H2,1-2H3/t13-,16+,17+/m1/s1. The van der Waals surface area contributed by atoms with Crippen LogP contribution in [0.1, 0.15) is 31.4 Å². The van der Waals surface area contributed by atoms with Crippen LogP contribution in [-0.2, 0) is 24.4 Å². The SMILES string of the molecule is CCOC(=O)[C@@H]1CCCN(S(=O)(=O)[C@H]2CON(C)[C@H]2c2ccc(F)c(Cl)c2)C1. The van der Waals surface area contributed by atoms with Gasteiger partial charge in [-0.15, -0.1) is 0 Å². The molecule has 0 saturated carbocycles. The summed E-state index contributed by atoms with van der Waals surface area (Å²) in [6.07, 6.45) is 1.18. The van der Waals surface area contributed by atoms with E-state index in [4.69, 9.17) is 21.2 Å². The van der Waals surface area contributed by atoms with E-state index in [1.807, 2.05) is 0 Å². The minimum Gasteiger partial charge on any atom is -0.466 e. The number of carbonyl (C=O) groups excluding carboxylic acids is 1. The molecule has 0 bridgehead atoms. The van der Waals surface area contributed by atoms with E-state index in [9.17, 15) is 17.6 Å². The summed E-state index contributed by atoms with van der Waals surface area (Å²) in [5, 5.41) is 0.493. The van der Waals surface area contributed by atoms with Crippen molar-refractivity contribution in [1.82, 2.24) is 9.37 Å². The molecule has 0 aromatic heterocycles. The third-order valence-corrected chi connectivity index (χ3v) is 7.72. The van der Waals surface area contributed by atoms with Gasteiger partial charge in [0.05, 0.1) is 30.2 Å². The fraction of sp³-hybridized carbons (Fsp3) is 0.611. The molecule has 7 nitrogen and oxygen atoms in total. The summed E-state index contributed by atoms with van der Waals surface area (Å²) >= 11 is 5.89. The molecule has 2 aliphatic heterocycles. The van der Waals surface area contributed by atoms with Crippen molar-refractivity contribution in [2.45, 2.75) is 31.1 Å². The lowest BCUT2D eigenvalue weighted by atomic mass is 10.0. The minimum atomic E-state index is -3.77. The highest BCUT2D eigenvalue weighted by molar-refractivity contribution is 7.89. The number of hydroxylamine groups is 2. The summed E-state index contributed by atoms with van der Waals surface area (Å²) < 4.78 is 46.7. The van der Waals surface area contributed by atoms with Crippen LogP contribution in [0.25, 0.3) is 0 Å². The van der Waals surface area contributed by atoms with E-state index in [-0.39, 0.29) is 30.8 Å². The van der Waals surface area contributed by atoms with E-state index >= 15 is 0 Å². The first kappa shape index (κ1) is 21.4. The molecule has 3 atom stereocenters. The molecule has 156 valence electrons. The maximum Gasteiger partial charge on any atom is 0.310 e. The number of ether oxygens (including phenoxy) is 1. The van der Waals surface area contributed by atoms with Crippen molar-refractivity contribution in [1.29, 1.82) is 0 Å². The van der Waals surface area contributed by atoms with Gasteiger partial charge < -0.3 is 4.74 Å². The molecule has 0 N–H and O–H groups in total. The maximum atomic E-state index is 13.5. The van der Waals surface area contributed by atoms with E-state index in [0.29, 0.717) is 24.9 Å². The van der Waals surface area contributed by atoms with Crippen LogP contribution in [0.3, 0.4) is 0 Å². The van der Waals surface area contributed by atoms with Crippen LogP contribution in [0, 0.1) is 11.7 Å². The number of hydrogen-bond donors (Lipinski definition) is 0. The third kappa shape index (κ3) is 4.18. The summed E-state index contributed by atoms with van der Waals surface area (Å²) in [5.74, 6) is -1.41. The summed E-state index contributed by atoms with van der Waals surface area (Å²) in [5.41, 5.74) is 0.555. The van der Waals surface area contributed by atoms with Gasteiger partial charge in [-0.05, 0) is 37.5 Å². The smallest absolute Gasteiger partial charge is 0.310 e. The first-order valence-corrected chi connectivity index (χ1v) is 11.1. The van der Waals surface area contributed by atoms with Crippen LogP contribution in [0.2, 0.25) is 5.02 Å². The zero-order valence-electron chi connectivity index (χ0n) is 15.8. The molecule has 2 aliphatic rings. The summed E-state index contributed by atoms with van der Waals surface area (Å²) in [4.78, 5) is 17.6. The Hall–Kier alpha value is -1.26. The number of nitrogens with zero attached hydrogens (tertiary/aromatic N) is 2. The average Bonchev–Trinajstić information content (AvgIpc) is 3.06. The fourth-order valence-electron chi connectivity index (χ4n) is 3.78. The fourth-order valence-corrected chi connectivity index (χ4v) is 6.01. The normalized spacial score (nSPS) is 27.1. The third-order valence-electron chi connectivity index (χ3n) is 5.22. The maximum absolute atomic E-state index is 13.5.